The summed E-state index contributed by atoms with van der Waals surface area (Å²) in [5.74, 6) is -0.745. The molecular weight excluding hydrogens is 303 g/mol. The van der Waals surface area contributed by atoms with Gasteiger partial charge in [-0.1, -0.05) is 24.3 Å². The van der Waals surface area contributed by atoms with Gasteiger partial charge in [-0.05, 0) is 34.0 Å². The Morgan fingerprint density at radius 3 is 2.53 bits per heavy atom. The van der Waals surface area contributed by atoms with E-state index in [0.717, 1.165) is 14.3 Å². The SMILES string of the molecule is O=C1C(=O)c2c(I)ccc3cccc1c23. The molecule has 3 heteroatoms. The van der Waals surface area contributed by atoms with Crippen LogP contribution in [0, 0.1) is 3.57 Å². The number of rotatable bonds is 0. The first-order chi connectivity index (χ1) is 7.20. The van der Waals surface area contributed by atoms with Crippen molar-refractivity contribution < 1.29 is 9.59 Å². The van der Waals surface area contributed by atoms with Crippen molar-refractivity contribution >= 4 is 44.9 Å². The Morgan fingerprint density at radius 1 is 0.933 bits per heavy atom. The van der Waals surface area contributed by atoms with Gasteiger partial charge in [-0.3, -0.25) is 9.59 Å². The zero-order valence-corrected chi connectivity index (χ0v) is 9.74. The molecule has 0 unspecified atom stereocenters. The second kappa shape index (κ2) is 2.88. The molecule has 0 heterocycles. The Balaban J connectivity index is 2.63. The van der Waals surface area contributed by atoms with Gasteiger partial charge in [-0.25, -0.2) is 0 Å². The predicted octanol–water partition coefficient (Wildman–Crippen LogP) is 2.82. The summed E-state index contributed by atoms with van der Waals surface area (Å²) in [4.78, 5) is 23.4. The second-order valence-electron chi connectivity index (χ2n) is 3.48. The molecule has 0 aliphatic heterocycles. The van der Waals surface area contributed by atoms with Crippen molar-refractivity contribution in [2.45, 2.75) is 0 Å². The van der Waals surface area contributed by atoms with Crippen LogP contribution >= 0.6 is 22.6 Å². The molecule has 2 aromatic rings. The minimum Gasteiger partial charge on any atom is -0.285 e. The van der Waals surface area contributed by atoms with Gasteiger partial charge in [0.2, 0.25) is 11.6 Å². The first kappa shape index (κ1) is 9.03. The third kappa shape index (κ3) is 1.04. The molecule has 0 atom stereocenters. The number of hydrogen-bond donors (Lipinski definition) is 0. The van der Waals surface area contributed by atoms with Crippen LogP contribution in [0.25, 0.3) is 10.8 Å². The lowest BCUT2D eigenvalue weighted by atomic mass is 10.1. The Morgan fingerprint density at radius 2 is 1.73 bits per heavy atom. The maximum atomic E-state index is 11.7. The molecule has 0 amide bonds. The molecule has 0 radical (unpaired) electrons. The monoisotopic (exact) mass is 308 g/mol. The summed E-state index contributed by atoms with van der Waals surface area (Å²) in [7, 11) is 0. The first-order valence-electron chi connectivity index (χ1n) is 4.50. The number of benzene rings is 2. The van der Waals surface area contributed by atoms with Crippen molar-refractivity contribution in [3.63, 3.8) is 0 Å². The lowest BCUT2D eigenvalue weighted by Crippen LogP contribution is -2.07. The van der Waals surface area contributed by atoms with E-state index in [1.807, 2.05) is 24.3 Å². The molecule has 2 nitrogen and oxygen atoms in total. The van der Waals surface area contributed by atoms with E-state index in [0.29, 0.717) is 11.1 Å². The van der Waals surface area contributed by atoms with Gasteiger partial charge in [0, 0.05) is 20.1 Å². The molecule has 3 rings (SSSR count). The number of Topliss-reactive ketones (excluding diaryl/α,β-unsaturated/α-hetero) is 2. The topological polar surface area (TPSA) is 34.1 Å². The van der Waals surface area contributed by atoms with Crippen molar-refractivity contribution in [1.82, 2.24) is 0 Å². The Labute approximate surface area is 99.4 Å². The van der Waals surface area contributed by atoms with E-state index in [9.17, 15) is 9.59 Å². The molecule has 72 valence electrons. The van der Waals surface area contributed by atoms with Crippen LogP contribution in [0.3, 0.4) is 0 Å². The second-order valence-corrected chi connectivity index (χ2v) is 4.65. The minimum atomic E-state index is -0.375. The normalized spacial score (nSPS) is 13.9. The van der Waals surface area contributed by atoms with Gasteiger partial charge in [0.25, 0.3) is 0 Å². The van der Waals surface area contributed by atoms with Gasteiger partial charge in [0.05, 0.1) is 0 Å². The van der Waals surface area contributed by atoms with Gasteiger partial charge in [-0.15, -0.1) is 0 Å². The van der Waals surface area contributed by atoms with Crippen molar-refractivity contribution in [2.24, 2.45) is 0 Å². The van der Waals surface area contributed by atoms with E-state index >= 15 is 0 Å². The van der Waals surface area contributed by atoms with Gasteiger partial charge < -0.3 is 0 Å². The van der Waals surface area contributed by atoms with Crippen LogP contribution in [-0.2, 0) is 0 Å². The summed E-state index contributed by atoms with van der Waals surface area (Å²) < 4.78 is 0.850. The minimum absolute atomic E-state index is 0.369. The van der Waals surface area contributed by atoms with E-state index in [1.54, 1.807) is 6.07 Å². The summed E-state index contributed by atoms with van der Waals surface area (Å²) in [6.45, 7) is 0. The molecule has 2 aromatic carbocycles. The standard InChI is InChI=1S/C12H5IO2/c13-8-5-4-6-2-1-3-7-9(6)10(8)12(15)11(7)14/h1-5H. The maximum Gasteiger partial charge on any atom is 0.235 e. The number of ketones is 2. The van der Waals surface area contributed by atoms with Crippen LogP contribution in [0.2, 0.25) is 0 Å². The lowest BCUT2D eigenvalue weighted by molar-refractivity contribution is 0.0825. The largest absolute Gasteiger partial charge is 0.285 e. The van der Waals surface area contributed by atoms with E-state index in [1.165, 1.54) is 0 Å². The molecule has 0 fully saturated rings. The van der Waals surface area contributed by atoms with Gasteiger partial charge >= 0.3 is 0 Å². The third-order valence-corrected chi connectivity index (χ3v) is 3.57. The highest BCUT2D eigenvalue weighted by Gasteiger charge is 2.32. The highest BCUT2D eigenvalue weighted by atomic mass is 127. The smallest absolute Gasteiger partial charge is 0.235 e. The summed E-state index contributed by atoms with van der Waals surface area (Å²) in [6.07, 6.45) is 0. The van der Waals surface area contributed by atoms with Crippen LogP contribution in [0.5, 0.6) is 0 Å². The quantitative estimate of drug-likeness (QED) is 0.554. The van der Waals surface area contributed by atoms with Crippen LogP contribution in [0.4, 0.5) is 0 Å². The molecule has 0 saturated carbocycles. The third-order valence-electron chi connectivity index (χ3n) is 2.67. The summed E-state index contributed by atoms with van der Waals surface area (Å²) in [5.41, 5.74) is 1.12. The van der Waals surface area contributed by atoms with Gasteiger partial charge in [0.15, 0.2) is 0 Å². The lowest BCUT2D eigenvalue weighted by Gasteiger charge is -2.00. The first-order valence-corrected chi connectivity index (χ1v) is 5.58. The fraction of sp³-hybridized carbons (Fsp3) is 0. The molecule has 0 spiro atoms. The highest BCUT2D eigenvalue weighted by Crippen LogP contribution is 2.33. The molecule has 0 saturated heterocycles. The van der Waals surface area contributed by atoms with Crippen molar-refractivity contribution in [1.29, 1.82) is 0 Å². The highest BCUT2D eigenvalue weighted by molar-refractivity contribution is 14.1. The van der Waals surface area contributed by atoms with Crippen molar-refractivity contribution in [3.05, 3.63) is 45.0 Å². The molecule has 0 N–H and O–H groups in total. The zero-order valence-electron chi connectivity index (χ0n) is 7.58. The van der Waals surface area contributed by atoms with Crippen LogP contribution in [-0.4, -0.2) is 11.6 Å². The zero-order chi connectivity index (χ0) is 10.6. The Kier molecular flexibility index (Phi) is 1.74. The molecular formula is C12H5IO2. The van der Waals surface area contributed by atoms with Crippen molar-refractivity contribution in [2.75, 3.05) is 0 Å². The number of carbonyl (C=O) groups excluding carboxylic acids is 2. The molecule has 15 heavy (non-hydrogen) atoms. The number of carbonyl (C=O) groups is 2. The molecule has 1 aliphatic rings. The fourth-order valence-corrected chi connectivity index (χ4v) is 2.70. The number of hydrogen-bond acceptors (Lipinski definition) is 2. The fourth-order valence-electron chi connectivity index (χ4n) is 2.00. The average molecular weight is 308 g/mol. The van der Waals surface area contributed by atoms with Crippen LogP contribution in [0.15, 0.2) is 30.3 Å². The number of halogens is 1. The maximum absolute atomic E-state index is 11.7. The molecule has 1 aliphatic carbocycles. The van der Waals surface area contributed by atoms with E-state index < -0.39 is 0 Å². The summed E-state index contributed by atoms with van der Waals surface area (Å²) >= 11 is 2.09. The van der Waals surface area contributed by atoms with Crippen LogP contribution in [0.1, 0.15) is 20.7 Å². The Bertz CT molecular complexity index is 629. The summed E-state index contributed by atoms with van der Waals surface area (Å²) in [5, 5.41) is 1.78. The van der Waals surface area contributed by atoms with E-state index in [-0.39, 0.29) is 11.6 Å². The van der Waals surface area contributed by atoms with Gasteiger partial charge in [0.1, 0.15) is 0 Å². The average Bonchev–Trinajstić information content (AvgIpc) is 2.50. The predicted molar refractivity (Wildman–Crippen MR) is 65.3 cm³/mol. The van der Waals surface area contributed by atoms with Crippen LogP contribution < -0.4 is 0 Å². The van der Waals surface area contributed by atoms with E-state index in [2.05, 4.69) is 22.6 Å². The van der Waals surface area contributed by atoms with Gasteiger partial charge in [-0.2, -0.15) is 0 Å². The Hall–Kier alpha value is -1.23. The van der Waals surface area contributed by atoms with Crippen molar-refractivity contribution in [3.8, 4) is 0 Å². The molecule has 0 bridgehead atoms. The summed E-state index contributed by atoms with van der Waals surface area (Å²) in [6, 6.07) is 9.26. The van der Waals surface area contributed by atoms with E-state index in [4.69, 9.17) is 0 Å². The molecule has 0 aromatic heterocycles.